The second kappa shape index (κ2) is 7.09. The van der Waals surface area contributed by atoms with Gasteiger partial charge in [0.2, 0.25) is 0 Å². The Balaban J connectivity index is 2.19. The van der Waals surface area contributed by atoms with E-state index in [0.717, 1.165) is 5.56 Å². The molecule has 2 rings (SSSR count). The van der Waals surface area contributed by atoms with Gasteiger partial charge in [0.15, 0.2) is 0 Å². The predicted molar refractivity (Wildman–Crippen MR) is 83.8 cm³/mol. The number of aromatic amines is 1. The number of amides is 1. The number of methoxy groups -OCH3 is 1. The van der Waals surface area contributed by atoms with Crippen LogP contribution in [-0.2, 0) is 0 Å². The van der Waals surface area contributed by atoms with Crippen LogP contribution in [0.25, 0.3) is 11.3 Å². The van der Waals surface area contributed by atoms with Crippen LogP contribution in [0, 0.1) is 5.92 Å². The zero-order valence-electron chi connectivity index (χ0n) is 13.0. The van der Waals surface area contributed by atoms with Gasteiger partial charge < -0.3 is 15.2 Å². The van der Waals surface area contributed by atoms with Gasteiger partial charge in [0.05, 0.1) is 25.5 Å². The summed E-state index contributed by atoms with van der Waals surface area (Å²) in [6, 6.07) is 8.85. The number of aliphatic hydroxyl groups is 1. The molecule has 0 saturated heterocycles. The smallest absolute Gasteiger partial charge is 0.269 e. The Morgan fingerprint density at radius 3 is 2.77 bits per heavy atom. The van der Waals surface area contributed by atoms with Crippen LogP contribution in [0.1, 0.15) is 24.3 Å². The number of ether oxygens (including phenoxy) is 1. The Bertz CT molecular complexity index is 637. The summed E-state index contributed by atoms with van der Waals surface area (Å²) in [5.74, 6) is 0.545. The van der Waals surface area contributed by atoms with Crippen LogP contribution >= 0.6 is 0 Å². The molecule has 118 valence electrons. The van der Waals surface area contributed by atoms with Gasteiger partial charge in [0.25, 0.3) is 5.91 Å². The van der Waals surface area contributed by atoms with Gasteiger partial charge in [-0.3, -0.25) is 9.89 Å². The van der Waals surface area contributed by atoms with E-state index in [4.69, 9.17) is 4.74 Å². The number of H-pyrrole nitrogens is 1. The molecule has 0 aliphatic carbocycles. The lowest BCUT2D eigenvalue weighted by Crippen LogP contribution is -2.41. The first-order valence-electron chi connectivity index (χ1n) is 7.17. The molecule has 0 bridgehead atoms. The minimum atomic E-state index is -0.290. The van der Waals surface area contributed by atoms with Crippen molar-refractivity contribution < 1.29 is 14.6 Å². The fraction of sp³-hybridized carbons (Fsp3) is 0.375. The normalized spacial score (nSPS) is 12.2. The van der Waals surface area contributed by atoms with Crippen LogP contribution in [0.3, 0.4) is 0 Å². The van der Waals surface area contributed by atoms with Gasteiger partial charge in [-0.25, -0.2) is 0 Å². The number of nitrogens with one attached hydrogen (secondary N) is 2. The summed E-state index contributed by atoms with van der Waals surface area (Å²) < 4.78 is 5.30. The van der Waals surface area contributed by atoms with Crippen molar-refractivity contribution in [1.82, 2.24) is 15.5 Å². The van der Waals surface area contributed by atoms with Crippen LogP contribution in [-0.4, -0.2) is 41.0 Å². The summed E-state index contributed by atoms with van der Waals surface area (Å²) in [7, 11) is 1.59. The maximum Gasteiger partial charge on any atom is 0.269 e. The molecule has 0 aliphatic rings. The van der Waals surface area contributed by atoms with Crippen molar-refractivity contribution in [3.05, 3.63) is 36.0 Å². The molecular formula is C16H21N3O3. The monoisotopic (exact) mass is 303 g/mol. The van der Waals surface area contributed by atoms with Crippen LogP contribution in [0.2, 0.25) is 0 Å². The molecule has 0 fully saturated rings. The Morgan fingerprint density at radius 2 is 2.14 bits per heavy atom. The molecule has 0 spiro atoms. The lowest BCUT2D eigenvalue weighted by Gasteiger charge is -2.19. The second-order valence-corrected chi connectivity index (χ2v) is 5.37. The number of carbonyl (C=O) groups is 1. The highest BCUT2D eigenvalue weighted by Gasteiger charge is 2.18. The number of carbonyl (C=O) groups excluding carboxylic acids is 1. The van der Waals surface area contributed by atoms with Crippen LogP contribution < -0.4 is 10.1 Å². The quantitative estimate of drug-likeness (QED) is 0.760. The molecule has 6 heteroatoms. The van der Waals surface area contributed by atoms with Gasteiger partial charge >= 0.3 is 0 Å². The van der Waals surface area contributed by atoms with E-state index < -0.39 is 0 Å². The van der Waals surface area contributed by atoms with Crippen LogP contribution in [0.4, 0.5) is 0 Å². The molecule has 1 heterocycles. The fourth-order valence-electron chi connectivity index (χ4n) is 2.10. The van der Waals surface area contributed by atoms with Crippen LogP contribution in [0.15, 0.2) is 30.3 Å². The lowest BCUT2D eigenvalue weighted by molar-refractivity contribution is 0.0892. The van der Waals surface area contributed by atoms with E-state index in [1.807, 2.05) is 38.1 Å². The van der Waals surface area contributed by atoms with E-state index in [0.29, 0.717) is 17.1 Å². The highest BCUT2D eigenvalue weighted by molar-refractivity contribution is 5.93. The molecule has 1 aromatic carbocycles. The minimum absolute atomic E-state index is 0.100. The summed E-state index contributed by atoms with van der Waals surface area (Å²) in [5.41, 5.74) is 1.79. The summed E-state index contributed by atoms with van der Waals surface area (Å²) in [5, 5.41) is 19.0. The van der Waals surface area contributed by atoms with E-state index in [1.165, 1.54) is 0 Å². The van der Waals surface area contributed by atoms with Gasteiger partial charge in [-0.05, 0) is 24.1 Å². The van der Waals surface area contributed by atoms with E-state index in [-0.39, 0.29) is 24.5 Å². The molecule has 0 aliphatic heterocycles. The van der Waals surface area contributed by atoms with Crippen molar-refractivity contribution in [2.75, 3.05) is 13.7 Å². The molecule has 1 amide bonds. The Labute approximate surface area is 129 Å². The highest BCUT2D eigenvalue weighted by atomic mass is 16.5. The topological polar surface area (TPSA) is 87.2 Å². The number of aromatic nitrogens is 2. The van der Waals surface area contributed by atoms with Crippen molar-refractivity contribution in [1.29, 1.82) is 0 Å². The zero-order chi connectivity index (χ0) is 16.1. The van der Waals surface area contributed by atoms with E-state index in [1.54, 1.807) is 13.2 Å². The molecule has 1 unspecified atom stereocenters. The Hall–Kier alpha value is -2.34. The predicted octanol–water partition coefficient (Wildman–Crippen LogP) is 1.83. The van der Waals surface area contributed by atoms with Gasteiger partial charge in [0, 0.05) is 5.56 Å². The Kier molecular flexibility index (Phi) is 5.16. The number of hydrogen-bond donors (Lipinski definition) is 3. The lowest BCUT2D eigenvalue weighted by atomic mass is 10.1. The summed E-state index contributed by atoms with van der Waals surface area (Å²) >= 11 is 0. The number of hydrogen-bond acceptors (Lipinski definition) is 4. The van der Waals surface area contributed by atoms with Crippen molar-refractivity contribution in [3.8, 4) is 17.0 Å². The average molecular weight is 303 g/mol. The van der Waals surface area contributed by atoms with E-state index >= 15 is 0 Å². The highest BCUT2D eigenvalue weighted by Crippen LogP contribution is 2.28. The van der Waals surface area contributed by atoms with Crippen molar-refractivity contribution >= 4 is 5.91 Å². The number of para-hydroxylation sites is 1. The molecule has 6 nitrogen and oxygen atoms in total. The van der Waals surface area contributed by atoms with Crippen molar-refractivity contribution in [3.63, 3.8) is 0 Å². The summed E-state index contributed by atoms with van der Waals surface area (Å²) in [6.07, 6.45) is 0. The standard InChI is InChI=1S/C16H21N3O3/c1-10(2)14(9-20)17-16(21)13-8-12(18-19-13)11-6-4-5-7-15(11)22-3/h4-8,10,14,20H,9H2,1-3H3,(H,17,21)(H,18,19). The third-order valence-electron chi connectivity index (χ3n) is 3.52. The molecular weight excluding hydrogens is 282 g/mol. The van der Waals surface area contributed by atoms with Crippen molar-refractivity contribution in [2.24, 2.45) is 5.92 Å². The molecule has 2 aromatic rings. The summed E-state index contributed by atoms with van der Waals surface area (Å²) in [6.45, 7) is 3.78. The minimum Gasteiger partial charge on any atom is -0.496 e. The molecule has 1 aromatic heterocycles. The molecule has 1 atom stereocenters. The van der Waals surface area contributed by atoms with Crippen LogP contribution in [0.5, 0.6) is 5.75 Å². The number of aliphatic hydroxyl groups excluding tert-OH is 1. The maximum atomic E-state index is 12.2. The average Bonchev–Trinajstić information content (AvgIpc) is 3.01. The first-order valence-corrected chi connectivity index (χ1v) is 7.17. The number of rotatable bonds is 6. The molecule has 3 N–H and O–H groups in total. The Morgan fingerprint density at radius 1 is 1.41 bits per heavy atom. The first kappa shape index (κ1) is 16.0. The van der Waals surface area contributed by atoms with Crippen molar-refractivity contribution in [2.45, 2.75) is 19.9 Å². The molecule has 0 saturated carbocycles. The maximum absolute atomic E-state index is 12.2. The number of benzene rings is 1. The second-order valence-electron chi connectivity index (χ2n) is 5.37. The van der Waals surface area contributed by atoms with Gasteiger partial charge in [-0.15, -0.1) is 0 Å². The first-order chi connectivity index (χ1) is 10.6. The largest absolute Gasteiger partial charge is 0.496 e. The zero-order valence-corrected chi connectivity index (χ0v) is 13.0. The molecule has 0 radical (unpaired) electrons. The third-order valence-corrected chi connectivity index (χ3v) is 3.52. The van der Waals surface area contributed by atoms with Gasteiger partial charge in [-0.1, -0.05) is 26.0 Å². The van der Waals surface area contributed by atoms with Gasteiger partial charge in [0.1, 0.15) is 11.4 Å². The third kappa shape index (κ3) is 3.46. The SMILES string of the molecule is COc1ccccc1-c1cc(C(=O)NC(CO)C(C)C)[nH]n1. The van der Waals surface area contributed by atoms with Gasteiger partial charge in [-0.2, -0.15) is 5.10 Å². The fourth-order valence-corrected chi connectivity index (χ4v) is 2.10. The summed E-state index contributed by atoms with van der Waals surface area (Å²) in [4.78, 5) is 12.2. The van der Waals surface area contributed by atoms with E-state index in [2.05, 4.69) is 15.5 Å². The molecule has 22 heavy (non-hydrogen) atoms. The van der Waals surface area contributed by atoms with E-state index in [9.17, 15) is 9.90 Å². The number of nitrogens with zero attached hydrogens (tertiary/aromatic N) is 1.